The van der Waals surface area contributed by atoms with Crippen molar-refractivity contribution in [3.8, 4) is 46.0 Å². The van der Waals surface area contributed by atoms with E-state index >= 15 is 0 Å². The summed E-state index contributed by atoms with van der Waals surface area (Å²) in [6.45, 7) is 7.66. The summed E-state index contributed by atoms with van der Waals surface area (Å²) in [5, 5.41) is 0. The van der Waals surface area contributed by atoms with E-state index in [2.05, 4.69) is 121 Å². The Morgan fingerprint density at radius 1 is 0.394 bits per heavy atom. The van der Waals surface area contributed by atoms with Crippen molar-refractivity contribution in [2.45, 2.75) is 63.8 Å². The van der Waals surface area contributed by atoms with Crippen LogP contribution in [0.1, 0.15) is 60.0 Å². The lowest BCUT2D eigenvalue weighted by molar-refractivity contribution is -0.933. The number of quaternary nitrogens is 4. The van der Waals surface area contributed by atoms with Crippen LogP contribution in [0.15, 0.2) is 72.8 Å². The first-order valence-electron chi connectivity index (χ1n) is 23.3. The minimum atomic E-state index is -0.205. The second kappa shape index (κ2) is 23.2. The van der Waals surface area contributed by atoms with E-state index in [0.29, 0.717) is 27.5 Å². The molecular formula is C54H86N4O8+4. The van der Waals surface area contributed by atoms with Crippen molar-refractivity contribution in [3.05, 3.63) is 95.1 Å². The minimum absolute atomic E-state index is 0.0345. The van der Waals surface area contributed by atoms with Crippen molar-refractivity contribution in [1.29, 1.82) is 0 Å². The second-order valence-electron chi connectivity index (χ2n) is 21.1. The average molecular weight is 919 g/mol. The van der Waals surface area contributed by atoms with Gasteiger partial charge in [-0.1, -0.05) is 12.1 Å². The first kappa shape index (κ1) is 53.7. The van der Waals surface area contributed by atoms with E-state index in [1.54, 1.807) is 42.7 Å². The zero-order valence-corrected chi connectivity index (χ0v) is 43.9. The Bertz CT molecular complexity index is 2140. The van der Waals surface area contributed by atoms with Crippen LogP contribution in [0.4, 0.5) is 0 Å². The van der Waals surface area contributed by atoms with Gasteiger partial charge in [-0.15, -0.1) is 0 Å². The molecule has 0 radical (unpaired) electrons. The molecule has 0 spiro atoms. The van der Waals surface area contributed by atoms with Gasteiger partial charge in [0.05, 0.1) is 126 Å². The smallest absolute Gasteiger partial charge is 0.203 e. The lowest BCUT2D eigenvalue weighted by atomic mass is 9.95. The molecule has 366 valence electrons. The number of aryl methyl sites for hydroxylation is 2. The first-order valence-corrected chi connectivity index (χ1v) is 23.3. The van der Waals surface area contributed by atoms with Crippen LogP contribution >= 0.6 is 0 Å². The molecule has 0 aliphatic rings. The Morgan fingerprint density at radius 3 is 1.18 bits per heavy atom. The summed E-state index contributed by atoms with van der Waals surface area (Å²) in [6, 6.07) is 24.8. The van der Waals surface area contributed by atoms with Crippen molar-refractivity contribution in [2.24, 2.45) is 0 Å². The average Bonchev–Trinajstić information content (AvgIpc) is 3.24. The Labute approximate surface area is 398 Å². The molecule has 4 aromatic rings. The largest absolute Gasteiger partial charge is 0.493 e. The molecule has 0 fully saturated rings. The topological polar surface area (TPSA) is 73.8 Å². The number of rotatable bonds is 27. The molecule has 0 bridgehead atoms. The van der Waals surface area contributed by atoms with E-state index in [4.69, 9.17) is 37.9 Å². The van der Waals surface area contributed by atoms with E-state index in [1.165, 1.54) is 0 Å². The van der Waals surface area contributed by atoms with Crippen LogP contribution in [0.2, 0.25) is 0 Å². The summed E-state index contributed by atoms with van der Waals surface area (Å²) in [7, 11) is 32.8. The molecular weight excluding hydrogens is 833 g/mol. The molecule has 0 N–H and O–H groups in total. The van der Waals surface area contributed by atoms with E-state index in [9.17, 15) is 0 Å². The number of ether oxygens (including phenoxy) is 8. The highest BCUT2D eigenvalue weighted by Crippen LogP contribution is 2.41. The van der Waals surface area contributed by atoms with Gasteiger partial charge < -0.3 is 55.8 Å². The number of nitrogens with zero attached hydrogens (tertiary/aromatic N) is 4. The van der Waals surface area contributed by atoms with Crippen molar-refractivity contribution in [1.82, 2.24) is 0 Å². The highest BCUT2D eigenvalue weighted by atomic mass is 16.5. The van der Waals surface area contributed by atoms with Gasteiger partial charge in [0.2, 0.25) is 12.2 Å². The summed E-state index contributed by atoms with van der Waals surface area (Å²) in [5.74, 6) is 5.78. The molecule has 0 heterocycles. The third kappa shape index (κ3) is 14.8. The lowest BCUT2D eigenvalue weighted by Gasteiger charge is -2.43. The standard InChI is InChI=1S/C54H86N4O8/c1-39-23-27-45(47(33-39)61-15)65-51(37-55(3,4)5)54(42-26-30-44(60-14)50(36-42)64-18)58(11,12)32-22-20-19-21-31-57(9,10)38-52(66-46-28-24-40(2)34-48(46)62-16)53(56(6,7)8)41-25-29-43(59-13)49(35-41)63-17/h23-30,33-36,51-54H,19-22,31-32,37-38H2,1-18H3/q+4. The molecule has 0 aromatic heterocycles. The number of likely N-dealkylation sites (N-methyl/N-ethyl adjacent to an activating group) is 4. The lowest BCUT2D eigenvalue weighted by Crippen LogP contribution is -2.55. The van der Waals surface area contributed by atoms with Gasteiger partial charge in [-0.3, -0.25) is 0 Å². The molecule has 4 aromatic carbocycles. The number of unbranched alkanes of at least 4 members (excludes halogenated alkanes) is 3. The maximum Gasteiger partial charge on any atom is 0.203 e. The van der Waals surface area contributed by atoms with Crippen LogP contribution in [0.3, 0.4) is 0 Å². The quantitative estimate of drug-likeness (QED) is 0.0434. The van der Waals surface area contributed by atoms with Crippen LogP contribution in [-0.2, 0) is 0 Å². The maximum atomic E-state index is 7.11. The van der Waals surface area contributed by atoms with Gasteiger partial charge >= 0.3 is 0 Å². The van der Waals surface area contributed by atoms with Crippen LogP contribution in [0.25, 0.3) is 0 Å². The van der Waals surface area contributed by atoms with Crippen LogP contribution in [0.5, 0.6) is 46.0 Å². The summed E-state index contributed by atoms with van der Waals surface area (Å²) < 4.78 is 51.8. The summed E-state index contributed by atoms with van der Waals surface area (Å²) in [6.07, 6.45) is 3.98. The zero-order chi connectivity index (χ0) is 49.0. The fourth-order valence-electron chi connectivity index (χ4n) is 9.45. The molecule has 0 amide bonds. The first-order chi connectivity index (χ1) is 31.0. The molecule has 4 atom stereocenters. The van der Waals surface area contributed by atoms with Crippen LogP contribution in [-0.4, -0.2) is 169 Å². The Morgan fingerprint density at radius 2 is 0.773 bits per heavy atom. The van der Waals surface area contributed by atoms with Crippen molar-refractivity contribution < 1.29 is 55.8 Å². The van der Waals surface area contributed by atoms with Crippen molar-refractivity contribution in [2.75, 3.05) is 139 Å². The number of benzene rings is 4. The van der Waals surface area contributed by atoms with Gasteiger partial charge in [0.15, 0.2) is 58.1 Å². The number of hydrogen-bond donors (Lipinski definition) is 0. The van der Waals surface area contributed by atoms with Crippen LogP contribution < -0.4 is 37.9 Å². The number of hydrogen-bond acceptors (Lipinski definition) is 8. The van der Waals surface area contributed by atoms with Gasteiger partial charge in [0.1, 0.15) is 13.1 Å². The van der Waals surface area contributed by atoms with E-state index in [1.807, 2.05) is 36.4 Å². The van der Waals surface area contributed by atoms with E-state index in [0.717, 1.165) is 111 Å². The molecule has 0 aliphatic heterocycles. The Hall–Kier alpha value is -4.88. The fourth-order valence-corrected chi connectivity index (χ4v) is 9.45. The summed E-state index contributed by atoms with van der Waals surface area (Å²) >= 11 is 0. The molecule has 66 heavy (non-hydrogen) atoms. The minimum Gasteiger partial charge on any atom is -0.493 e. The molecule has 0 aliphatic carbocycles. The van der Waals surface area contributed by atoms with Gasteiger partial charge in [-0.05, 0) is 111 Å². The third-order valence-corrected chi connectivity index (χ3v) is 12.6. The summed E-state index contributed by atoms with van der Waals surface area (Å²) in [5.41, 5.74) is 4.50. The zero-order valence-electron chi connectivity index (χ0n) is 43.9. The predicted molar refractivity (Wildman–Crippen MR) is 267 cm³/mol. The second-order valence-corrected chi connectivity index (χ2v) is 21.1. The normalized spacial score (nSPS) is 14.2. The highest BCUT2D eigenvalue weighted by Gasteiger charge is 2.43. The summed E-state index contributed by atoms with van der Waals surface area (Å²) in [4.78, 5) is 0. The third-order valence-electron chi connectivity index (χ3n) is 12.6. The van der Waals surface area contributed by atoms with Gasteiger partial charge in [-0.25, -0.2) is 0 Å². The maximum absolute atomic E-state index is 7.11. The molecule has 12 heteroatoms. The number of methoxy groups -OCH3 is 6. The monoisotopic (exact) mass is 919 g/mol. The molecule has 0 saturated carbocycles. The molecule has 4 rings (SSSR count). The highest BCUT2D eigenvalue weighted by molar-refractivity contribution is 5.46. The molecule has 12 nitrogen and oxygen atoms in total. The van der Waals surface area contributed by atoms with Crippen molar-refractivity contribution in [3.63, 3.8) is 0 Å². The Kier molecular flexibility index (Phi) is 18.9. The van der Waals surface area contributed by atoms with Crippen molar-refractivity contribution >= 4 is 0 Å². The fraction of sp³-hybridized carbons (Fsp3) is 0.556. The van der Waals surface area contributed by atoms with E-state index < -0.39 is 0 Å². The Balaban J connectivity index is 1.57. The van der Waals surface area contributed by atoms with E-state index in [-0.39, 0.29) is 24.3 Å². The van der Waals surface area contributed by atoms with Crippen LogP contribution in [0, 0.1) is 13.8 Å². The SMILES string of the molecule is COc1ccc(C(C(C[N+](C)(C)CCCCCC[N+](C)(C)C(c2ccc(OC)c(OC)c2)C(C[N+](C)(C)C)Oc2ccc(C)cc2OC)Oc2ccc(C)cc2OC)[N+](C)(C)C)cc1OC. The molecule has 4 unspecified atom stereocenters. The van der Waals surface area contributed by atoms with Gasteiger partial charge in [-0.2, -0.15) is 0 Å². The predicted octanol–water partition coefficient (Wildman–Crippen LogP) is 9.16. The van der Waals surface area contributed by atoms with Gasteiger partial charge in [0, 0.05) is 11.1 Å². The van der Waals surface area contributed by atoms with Gasteiger partial charge in [0.25, 0.3) is 0 Å². The molecule has 0 saturated heterocycles.